The van der Waals surface area contributed by atoms with E-state index in [4.69, 9.17) is 15.6 Å². The van der Waals surface area contributed by atoms with Crippen molar-refractivity contribution in [2.45, 2.75) is 25.9 Å². The lowest BCUT2D eigenvalue weighted by molar-refractivity contribution is -0.153. The van der Waals surface area contributed by atoms with E-state index in [2.05, 4.69) is 0 Å². The number of carboxylic acids is 1. The first-order valence-corrected chi connectivity index (χ1v) is 5.83. The van der Waals surface area contributed by atoms with E-state index in [1.165, 1.54) is 11.8 Å². The first-order valence-electron chi connectivity index (χ1n) is 5.83. The Morgan fingerprint density at radius 1 is 1.50 bits per heavy atom. The van der Waals surface area contributed by atoms with Crippen LogP contribution >= 0.6 is 0 Å². The van der Waals surface area contributed by atoms with Gasteiger partial charge < -0.3 is 20.5 Å². The minimum atomic E-state index is -1.11. The van der Waals surface area contributed by atoms with Gasteiger partial charge in [0.05, 0.1) is 5.92 Å². The lowest BCUT2D eigenvalue weighted by Gasteiger charge is -2.31. The first-order chi connectivity index (χ1) is 8.41. The quantitative estimate of drug-likeness (QED) is 0.670. The smallest absolute Gasteiger partial charge is 0.332 e. The van der Waals surface area contributed by atoms with Crippen molar-refractivity contribution < 1.29 is 24.2 Å². The summed E-state index contributed by atoms with van der Waals surface area (Å²) >= 11 is 0. The summed E-state index contributed by atoms with van der Waals surface area (Å²) in [5.41, 5.74) is 5.21. The van der Waals surface area contributed by atoms with Gasteiger partial charge in [-0.3, -0.25) is 9.59 Å². The maximum Gasteiger partial charge on any atom is 0.332 e. The molecular formula is C11H18N2O5. The van der Waals surface area contributed by atoms with Crippen LogP contribution in [-0.4, -0.2) is 53.6 Å². The summed E-state index contributed by atoms with van der Waals surface area (Å²) in [4.78, 5) is 34.8. The number of hydrogen-bond donors (Lipinski definition) is 2. The fourth-order valence-corrected chi connectivity index (χ4v) is 1.79. The number of nitrogens with two attached hydrogens (primary N) is 1. The number of rotatable bonds is 5. The van der Waals surface area contributed by atoms with E-state index in [0.717, 1.165) is 0 Å². The third kappa shape index (κ3) is 3.99. The lowest BCUT2D eigenvalue weighted by atomic mass is 9.97. The molecule has 1 rings (SSSR count). The van der Waals surface area contributed by atoms with Crippen LogP contribution in [0.25, 0.3) is 0 Å². The Kier molecular flexibility index (Phi) is 5.08. The number of aliphatic carboxylic acids is 1. The van der Waals surface area contributed by atoms with E-state index in [0.29, 0.717) is 25.9 Å². The number of nitrogens with zero attached hydrogens (tertiary/aromatic N) is 1. The highest BCUT2D eigenvalue weighted by Crippen LogP contribution is 2.16. The Labute approximate surface area is 105 Å². The van der Waals surface area contributed by atoms with Crippen molar-refractivity contribution in [3.8, 4) is 0 Å². The molecule has 1 aliphatic heterocycles. The summed E-state index contributed by atoms with van der Waals surface area (Å²) in [5.74, 6) is -2.16. The number of likely N-dealkylation sites (tertiary alicyclic amines) is 1. The van der Waals surface area contributed by atoms with Crippen LogP contribution in [0.1, 0.15) is 19.8 Å². The fraction of sp³-hybridized carbons (Fsp3) is 0.727. The van der Waals surface area contributed by atoms with E-state index in [-0.39, 0.29) is 18.4 Å². The second-order valence-corrected chi connectivity index (χ2v) is 4.37. The van der Waals surface area contributed by atoms with Crippen molar-refractivity contribution in [3.63, 3.8) is 0 Å². The number of carbonyl (C=O) groups excluding carboxylic acids is 2. The van der Waals surface area contributed by atoms with Crippen molar-refractivity contribution in [1.82, 2.24) is 4.90 Å². The summed E-state index contributed by atoms with van der Waals surface area (Å²) in [7, 11) is 0. The van der Waals surface area contributed by atoms with Gasteiger partial charge in [0.1, 0.15) is 6.61 Å². The zero-order valence-corrected chi connectivity index (χ0v) is 10.3. The third-order valence-electron chi connectivity index (χ3n) is 2.98. The molecule has 2 amide bonds. The molecule has 1 heterocycles. The summed E-state index contributed by atoms with van der Waals surface area (Å²) in [5, 5.41) is 8.61. The number of primary amides is 1. The molecule has 7 heteroatoms. The average Bonchev–Trinajstić information content (AvgIpc) is 2.35. The molecule has 0 aliphatic carbocycles. The first kappa shape index (κ1) is 14.4. The summed E-state index contributed by atoms with van der Waals surface area (Å²) < 4.78 is 4.91. The van der Waals surface area contributed by atoms with Gasteiger partial charge in [0, 0.05) is 13.1 Å². The molecule has 7 nitrogen and oxygen atoms in total. The van der Waals surface area contributed by atoms with Crippen molar-refractivity contribution in [3.05, 3.63) is 0 Å². The molecule has 0 aromatic rings. The molecule has 2 atom stereocenters. The Morgan fingerprint density at radius 3 is 2.72 bits per heavy atom. The van der Waals surface area contributed by atoms with Gasteiger partial charge in [-0.05, 0) is 19.8 Å². The molecule has 0 radical (unpaired) electrons. The summed E-state index contributed by atoms with van der Waals surface area (Å²) in [6, 6.07) is 0. The minimum absolute atomic E-state index is 0.291. The van der Waals surface area contributed by atoms with E-state index >= 15 is 0 Å². The van der Waals surface area contributed by atoms with Crippen molar-refractivity contribution in [1.29, 1.82) is 0 Å². The highest BCUT2D eigenvalue weighted by Gasteiger charge is 2.27. The van der Waals surface area contributed by atoms with E-state index in [1.807, 2.05) is 0 Å². The van der Waals surface area contributed by atoms with Crippen LogP contribution in [0.2, 0.25) is 0 Å². The molecule has 0 saturated carbocycles. The topological polar surface area (TPSA) is 110 Å². The second-order valence-electron chi connectivity index (χ2n) is 4.37. The summed E-state index contributed by atoms with van der Waals surface area (Å²) in [6.45, 7) is 1.91. The number of carbonyl (C=O) groups is 3. The van der Waals surface area contributed by atoms with Crippen molar-refractivity contribution >= 4 is 17.8 Å². The van der Waals surface area contributed by atoms with Crippen molar-refractivity contribution in [2.75, 3.05) is 19.7 Å². The molecular weight excluding hydrogens is 240 g/mol. The zero-order valence-electron chi connectivity index (χ0n) is 10.3. The van der Waals surface area contributed by atoms with Gasteiger partial charge in [-0.15, -0.1) is 0 Å². The SMILES string of the molecule is C[C@@H](OCC(=O)N1CCCC(C(N)=O)C1)C(=O)O. The number of amides is 2. The van der Waals surface area contributed by atoms with E-state index in [9.17, 15) is 14.4 Å². The standard InChI is InChI=1S/C11H18N2O5/c1-7(11(16)17)18-6-9(14)13-4-2-3-8(5-13)10(12)15/h7-8H,2-6H2,1H3,(H2,12,15)(H,16,17)/t7-,8?/m1/s1. The number of ether oxygens (including phenoxy) is 1. The number of piperidine rings is 1. The van der Waals surface area contributed by atoms with Gasteiger partial charge in [0.15, 0.2) is 6.10 Å². The second kappa shape index (κ2) is 6.34. The highest BCUT2D eigenvalue weighted by atomic mass is 16.5. The molecule has 1 unspecified atom stereocenters. The van der Waals surface area contributed by atoms with Gasteiger partial charge in [0.25, 0.3) is 0 Å². The van der Waals surface area contributed by atoms with Gasteiger partial charge in [-0.25, -0.2) is 4.79 Å². The van der Waals surface area contributed by atoms with Gasteiger partial charge in [0.2, 0.25) is 11.8 Å². The predicted octanol–water partition coefficient (Wildman–Crippen LogP) is -0.800. The van der Waals surface area contributed by atoms with E-state index in [1.54, 1.807) is 0 Å². The molecule has 3 N–H and O–H groups in total. The summed E-state index contributed by atoms with van der Waals surface area (Å²) in [6.07, 6.45) is 0.380. The van der Waals surface area contributed by atoms with E-state index < -0.39 is 18.0 Å². The Morgan fingerprint density at radius 2 is 2.17 bits per heavy atom. The Hall–Kier alpha value is -1.63. The Bertz CT molecular complexity index is 344. The molecule has 18 heavy (non-hydrogen) atoms. The van der Waals surface area contributed by atoms with Crippen LogP contribution in [0.5, 0.6) is 0 Å². The van der Waals surface area contributed by atoms with Crippen LogP contribution in [0, 0.1) is 5.92 Å². The van der Waals surface area contributed by atoms with Crippen LogP contribution in [0.4, 0.5) is 0 Å². The largest absolute Gasteiger partial charge is 0.479 e. The van der Waals surface area contributed by atoms with Gasteiger partial charge >= 0.3 is 5.97 Å². The van der Waals surface area contributed by atoms with Crippen molar-refractivity contribution in [2.24, 2.45) is 11.7 Å². The predicted molar refractivity (Wildman–Crippen MR) is 61.5 cm³/mol. The molecule has 1 aliphatic rings. The molecule has 102 valence electrons. The van der Waals surface area contributed by atoms with Crippen LogP contribution in [0.3, 0.4) is 0 Å². The lowest BCUT2D eigenvalue weighted by Crippen LogP contribution is -2.45. The number of hydrogen-bond acceptors (Lipinski definition) is 4. The van der Waals surface area contributed by atoms with Crippen LogP contribution in [0.15, 0.2) is 0 Å². The van der Waals surface area contributed by atoms with Crippen LogP contribution in [-0.2, 0) is 19.1 Å². The molecule has 0 spiro atoms. The Balaban J connectivity index is 2.42. The average molecular weight is 258 g/mol. The molecule has 1 fully saturated rings. The van der Waals surface area contributed by atoms with Gasteiger partial charge in [-0.2, -0.15) is 0 Å². The minimum Gasteiger partial charge on any atom is -0.479 e. The normalized spacial score (nSPS) is 21.4. The number of carboxylic acid groups (broad SMARTS) is 1. The highest BCUT2D eigenvalue weighted by molar-refractivity contribution is 5.81. The molecule has 0 bridgehead atoms. The van der Waals surface area contributed by atoms with Gasteiger partial charge in [-0.1, -0.05) is 0 Å². The maximum atomic E-state index is 11.7. The fourth-order valence-electron chi connectivity index (χ4n) is 1.79. The third-order valence-corrected chi connectivity index (χ3v) is 2.98. The van der Waals surface area contributed by atoms with Crippen LogP contribution < -0.4 is 5.73 Å². The maximum absolute atomic E-state index is 11.7. The molecule has 0 aromatic carbocycles. The monoisotopic (exact) mass is 258 g/mol. The zero-order chi connectivity index (χ0) is 13.7. The molecule has 0 aromatic heterocycles. The molecule has 1 saturated heterocycles.